The first-order valence-electron chi connectivity index (χ1n) is 7.20. The number of aromatic nitrogens is 2. The summed E-state index contributed by atoms with van der Waals surface area (Å²) >= 11 is 0. The molecule has 136 valence electrons. The van der Waals surface area contributed by atoms with Gasteiger partial charge in [-0.05, 0) is 24.6 Å². The van der Waals surface area contributed by atoms with E-state index in [1.165, 1.54) is 0 Å². The van der Waals surface area contributed by atoms with E-state index in [0.29, 0.717) is 0 Å². The maximum atomic E-state index is 8.25. The molecule has 0 radical (unpaired) electrons. The van der Waals surface area contributed by atoms with Crippen molar-refractivity contribution >= 4 is 23.8 Å². The zero-order valence-electron chi connectivity index (χ0n) is 13.6. The minimum atomic E-state index is -1.75. The van der Waals surface area contributed by atoms with Crippen molar-refractivity contribution in [3.63, 3.8) is 0 Å². The van der Waals surface area contributed by atoms with Gasteiger partial charge in [0, 0.05) is 12.4 Å². The summed E-state index contributed by atoms with van der Waals surface area (Å²) in [5, 5.41) is 14.8. The Kier molecular flexibility index (Phi) is 8.79. The Morgan fingerprint density at radius 3 is 1.88 bits per heavy atom. The molecule has 0 N–H and O–H groups in total. The maximum Gasteiger partial charge on any atom is 3.00 e. The van der Waals surface area contributed by atoms with Crippen molar-refractivity contribution in [2.24, 2.45) is 9.98 Å². The molecule has 0 aliphatic heterocycles. The Morgan fingerprint density at radius 2 is 1.42 bits per heavy atom. The molecule has 0 saturated heterocycles. The van der Waals surface area contributed by atoms with Crippen molar-refractivity contribution in [2.45, 2.75) is 6.92 Å². The third-order valence-electron chi connectivity index (χ3n) is 2.96. The molecule has 2 heterocycles. The van der Waals surface area contributed by atoms with Crippen molar-refractivity contribution in [3.05, 3.63) is 87.1 Å². The van der Waals surface area contributed by atoms with Crippen LogP contribution in [0.3, 0.4) is 0 Å². The molecular formula is C17H14AuN5O3. The molecule has 1 aromatic carbocycles. The van der Waals surface area contributed by atoms with Crippen LogP contribution in [0, 0.1) is 22.2 Å². The molecule has 0 amide bonds. The van der Waals surface area contributed by atoms with E-state index in [0.717, 1.165) is 28.3 Å². The topological polar surface area (TPSA) is 119 Å². The van der Waals surface area contributed by atoms with Gasteiger partial charge in [0.05, 0.1) is 16.5 Å². The quantitative estimate of drug-likeness (QED) is 0.221. The first-order valence-corrected chi connectivity index (χ1v) is 7.20. The average Bonchev–Trinajstić information content (AvgIpc) is 3.25. The first kappa shape index (κ1) is 21.1. The van der Waals surface area contributed by atoms with E-state index in [2.05, 4.69) is 20.0 Å². The molecule has 0 aliphatic rings. The summed E-state index contributed by atoms with van der Waals surface area (Å²) in [5.41, 5.74) is 4.45. The molecule has 0 atom stereocenters. The number of aryl methyl sites for hydroxylation is 1. The Morgan fingerprint density at radius 1 is 0.923 bits per heavy atom. The van der Waals surface area contributed by atoms with Gasteiger partial charge in [-0.25, -0.2) is 0 Å². The molecule has 0 unspecified atom stereocenters. The van der Waals surface area contributed by atoms with Gasteiger partial charge in [-0.1, -0.05) is 30.3 Å². The van der Waals surface area contributed by atoms with Gasteiger partial charge < -0.3 is 25.3 Å². The fraction of sp³-hybridized carbons (Fsp3) is 0.0588. The molecule has 0 aliphatic carbocycles. The third-order valence-corrected chi connectivity index (χ3v) is 2.96. The molecule has 0 fully saturated rings. The van der Waals surface area contributed by atoms with Crippen LogP contribution >= 0.6 is 0 Å². The van der Waals surface area contributed by atoms with Crippen LogP contribution in [0.5, 0.6) is 0 Å². The summed E-state index contributed by atoms with van der Waals surface area (Å²) in [6, 6.07) is 13.6. The Balaban J connectivity index is 0.000000616. The fourth-order valence-electron chi connectivity index (χ4n) is 1.90. The molecule has 0 saturated carbocycles. The summed E-state index contributed by atoms with van der Waals surface area (Å²) < 4.78 is 0. The molecule has 3 aromatic rings. The van der Waals surface area contributed by atoms with Crippen molar-refractivity contribution in [2.75, 3.05) is 0 Å². The van der Waals surface area contributed by atoms with Gasteiger partial charge in [-0.15, -0.1) is 11.4 Å². The van der Waals surface area contributed by atoms with Gasteiger partial charge in [-0.2, -0.15) is 12.4 Å². The largest absolute Gasteiger partial charge is 3.00 e. The van der Waals surface area contributed by atoms with Crippen molar-refractivity contribution < 1.29 is 27.5 Å². The predicted molar refractivity (Wildman–Crippen MR) is 95.6 cm³/mol. The molecule has 2 aromatic heterocycles. The smallest absolute Gasteiger partial charge is 0.663 e. The van der Waals surface area contributed by atoms with E-state index < -0.39 is 5.09 Å². The van der Waals surface area contributed by atoms with Crippen LogP contribution in [0.1, 0.15) is 17.0 Å². The maximum absolute atomic E-state index is 8.25. The number of hydrogen-bond donors (Lipinski definition) is 0. The van der Waals surface area contributed by atoms with Crippen LogP contribution in [0.4, 0.5) is 11.4 Å². The van der Waals surface area contributed by atoms with Crippen LogP contribution in [-0.4, -0.2) is 17.5 Å². The Labute approximate surface area is 165 Å². The van der Waals surface area contributed by atoms with Crippen LogP contribution in [0.15, 0.2) is 64.8 Å². The summed E-state index contributed by atoms with van der Waals surface area (Å²) in [6.45, 7) is 2.03. The first-order chi connectivity index (χ1) is 12.0. The summed E-state index contributed by atoms with van der Waals surface area (Å²) in [4.78, 5) is 25.5. The Hall–Kier alpha value is -2.94. The zero-order valence-corrected chi connectivity index (χ0v) is 15.8. The fourth-order valence-corrected chi connectivity index (χ4v) is 1.90. The van der Waals surface area contributed by atoms with E-state index >= 15 is 0 Å². The van der Waals surface area contributed by atoms with Crippen molar-refractivity contribution in [3.8, 4) is 0 Å². The van der Waals surface area contributed by atoms with E-state index in [1.807, 2.05) is 49.4 Å². The third kappa shape index (κ3) is 7.31. The number of nitrogens with zero attached hydrogens (tertiary/aromatic N) is 5. The normalized spacial score (nSPS) is 10.3. The molecule has 8 nitrogen and oxygen atoms in total. The molecule has 3 rings (SSSR count). The number of benzene rings is 1. The molecule has 26 heavy (non-hydrogen) atoms. The van der Waals surface area contributed by atoms with Gasteiger partial charge in [0.2, 0.25) is 0 Å². The zero-order chi connectivity index (χ0) is 18.1. The van der Waals surface area contributed by atoms with Crippen LogP contribution in [0.2, 0.25) is 0 Å². The minimum absolute atomic E-state index is 0. The van der Waals surface area contributed by atoms with E-state index in [9.17, 15) is 0 Å². The molecule has 0 bridgehead atoms. The van der Waals surface area contributed by atoms with E-state index in [4.69, 9.17) is 15.3 Å². The second-order valence-corrected chi connectivity index (χ2v) is 4.86. The van der Waals surface area contributed by atoms with Gasteiger partial charge in [-0.3, -0.25) is 9.98 Å². The summed E-state index contributed by atoms with van der Waals surface area (Å²) in [5.74, 6) is 0. The van der Waals surface area contributed by atoms with Gasteiger partial charge >= 0.3 is 22.4 Å². The standard InChI is InChI=1S/C17H14N4.Au.NO3/c1-13-6-7-16(20-11-14-4-2-8-18-14)17(10-13)21-12-15-5-3-9-19-15;;2-1(3)4/h2-12H,1H3;;/q-2;+3;-1. The van der Waals surface area contributed by atoms with E-state index in [-0.39, 0.29) is 22.4 Å². The van der Waals surface area contributed by atoms with Crippen LogP contribution in [-0.2, 0) is 22.4 Å². The van der Waals surface area contributed by atoms with Gasteiger partial charge in [0.15, 0.2) is 0 Å². The molecular weight excluding hydrogens is 519 g/mol. The van der Waals surface area contributed by atoms with Gasteiger partial charge in [0.1, 0.15) is 0 Å². The monoisotopic (exact) mass is 533 g/mol. The summed E-state index contributed by atoms with van der Waals surface area (Å²) in [7, 11) is 0. The second-order valence-electron chi connectivity index (χ2n) is 4.86. The Bertz CT molecular complexity index is 855. The van der Waals surface area contributed by atoms with Crippen molar-refractivity contribution in [1.29, 1.82) is 0 Å². The van der Waals surface area contributed by atoms with E-state index in [1.54, 1.807) is 24.8 Å². The predicted octanol–water partition coefficient (Wildman–Crippen LogP) is 3.17. The molecule has 0 spiro atoms. The number of rotatable bonds is 4. The SMILES string of the molecule is Cc1ccc(N=Cc2ccc[n-]2)c(N=Cc2ccc[n-]2)c1.O=[N+]([O-])[O-].[Au+3]. The molecule has 9 heteroatoms. The second kappa shape index (κ2) is 10.8. The minimum Gasteiger partial charge on any atom is -0.663 e. The van der Waals surface area contributed by atoms with Gasteiger partial charge in [0.25, 0.3) is 0 Å². The number of aliphatic imine (C=N–C) groups is 2. The summed E-state index contributed by atoms with van der Waals surface area (Å²) in [6.07, 6.45) is 6.98. The number of hydrogen-bond acceptors (Lipinski definition) is 5. The van der Waals surface area contributed by atoms with Crippen LogP contribution in [0.25, 0.3) is 0 Å². The average molecular weight is 533 g/mol. The van der Waals surface area contributed by atoms with Crippen LogP contribution < -0.4 is 9.97 Å². The van der Waals surface area contributed by atoms with Crippen molar-refractivity contribution in [1.82, 2.24) is 9.97 Å².